The van der Waals surface area contributed by atoms with Crippen LogP contribution in [0.25, 0.3) is 10.9 Å². The average Bonchev–Trinajstić information content (AvgIpc) is 3.37. The van der Waals surface area contributed by atoms with Gasteiger partial charge >= 0.3 is 0 Å². The topological polar surface area (TPSA) is 70.4 Å². The number of para-hydroxylation sites is 1. The minimum Gasteiger partial charge on any atom is -0.368 e. The van der Waals surface area contributed by atoms with Gasteiger partial charge in [-0.3, -0.25) is 9.67 Å². The summed E-state index contributed by atoms with van der Waals surface area (Å²) in [5.41, 5.74) is 2.32. The lowest BCUT2D eigenvalue weighted by Gasteiger charge is -2.21. The molecular formula is C21H27N7. The smallest absolute Gasteiger partial charge is 0.193 e. The Kier molecular flexibility index (Phi) is 5.41. The van der Waals surface area contributed by atoms with E-state index in [-0.39, 0.29) is 0 Å². The highest BCUT2D eigenvalue weighted by Crippen LogP contribution is 2.26. The fourth-order valence-corrected chi connectivity index (χ4v) is 3.74. The molecule has 146 valence electrons. The SMILES string of the molecule is CN=C(NCCNc1ccc2ccccc2n1)N1CCC(c2cnn(C)c2)C1. The normalized spacial score (nSPS) is 17.3. The predicted molar refractivity (Wildman–Crippen MR) is 114 cm³/mol. The van der Waals surface area contributed by atoms with Crippen molar-refractivity contribution >= 4 is 22.7 Å². The molecule has 0 amide bonds. The molecule has 1 saturated heterocycles. The lowest BCUT2D eigenvalue weighted by atomic mass is 10.0. The van der Waals surface area contributed by atoms with Crippen molar-refractivity contribution in [2.24, 2.45) is 12.0 Å². The maximum atomic E-state index is 4.65. The maximum absolute atomic E-state index is 4.65. The molecule has 1 unspecified atom stereocenters. The molecule has 28 heavy (non-hydrogen) atoms. The van der Waals surface area contributed by atoms with Crippen LogP contribution < -0.4 is 10.6 Å². The number of hydrogen-bond donors (Lipinski definition) is 2. The molecule has 0 spiro atoms. The highest BCUT2D eigenvalue weighted by molar-refractivity contribution is 5.81. The van der Waals surface area contributed by atoms with Gasteiger partial charge in [-0.05, 0) is 30.2 Å². The van der Waals surface area contributed by atoms with Crippen molar-refractivity contribution in [2.75, 3.05) is 38.5 Å². The fraction of sp³-hybridized carbons (Fsp3) is 0.381. The van der Waals surface area contributed by atoms with Gasteiger partial charge in [-0.25, -0.2) is 4.98 Å². The van der Waals surface area contributed by atoms with E-state index in [9.17, 15) is 0 Å². The Morgan fingerprint density at radius 3 is 2.93 bits per heavy atom. The summed E-state index contributed by atoms with van der Waals surface area (Å²) in [6, 6.07) is 12.3. The Hall–Kier alpha value is -3.09. The Morgan fingerprint density at radius 1 is 1.21 bits per heavy atom. The van der Waals surface area contributed by atoms with Crippen molar-refractivity contribution in [3.63, 3.8) is 0 Å². The van der Waals surface area contributed by atoms with Crippen LogP contribution in [0.15, 0.2) is 53.8 Å². The van der Waals surface area contributed by atoms with E-state index >= 15 is 0 Å². The van der Waals surface area contributed by atoms with Crippen LogP contribution in [0.5, 0.6) is 0 Å². The second-order valence-corrected chi connectivity index (χ2v) is 7.17. The first-order valence-corrected chi connectivity index (χ1v) is 9.77. The lowest BCUT2D eigenvalue weighted by molar-refractivity contribution is 0.487. The van der Waals surface area contributed by atoms with Crippen molar-refractivity contribution < 1.29 is 0 Å². The van der Waals surface area contributed by atoms with Crippen molar-refractivity contribution in [1.82, 2.24) is 25.0 Å². The van der Waals surface area contributed by atoms with Crippen LogP contribution in [-0.4, -0.2) is 58.9 Å². The van der Waals surface area contributed by atoms with Crippen LogP contribution in [0.2, 0.25) is 0 Å². The van der Waals surface area contributed by atoms with E-state index in [2.05, 4.69) is 48.9 Å². The molecule has 2 N–H and O–H groups in total. The van der Waals surface area contributed by atoms with E-state index in [1.54, 1.807) is 0 Å². The Bertz CT molecular complexity index is 962. The van der Waals surface area contributed by atoms with Gasteiger partial charge in [0.25, 0.3) is 0 Å². The first-order valence-electron chi connectivity index (χ1n) is 9.77. The molecule has 1 atom stereocenters. The number of aromatic nitrogens is 3. The predicted octanol–water partition coefficient (Wildman–Crippen LogP) is 2.45. The molecular weight excluding hydrogens is 350 g/mol. The molecule has 1 aliphatic heterocycles. The number of pyridine rings is 1. The first kappa shape index (κ1) is 18.3. The van der Waals surface area contributed by atoms with Crippen LogP contribution >= 0.6 is 0 Å². The number of aliphatic imine (C=N–C) groups is 1. The van der Waals surface area contributed by atoms with Gasteiger partial charge in [0, 0.05) is 57.8 Å². The summed E-state index contributed by atoms with van der Waals surface area (Å²) in [5.74, 6) is 2.38. The molecule has 7 nitrogen and oxygen atoms in total. The second kappa shape index (κ2) is 8.29. The molecule has 0 saturated carbocycles. The Balaban J connectivity index is 1.26. The first-order chi connectivity index (χ1) is 13.7. The Morgan fingerprint density at radius 2 is 2.11 bits per heavy atom. The van der Waals surface area contributed by atoms with E-state index in [0.717, 1.165) is 55.3 Å². The number of likely N-dealkylation sites (tertiary alicyclic amines) is 1. The highest BCUT2D eigenvalue weighted by atomic mass is 15.3. The third-order valence-electron chi connectivity index (χ3n) is 5.21. The van der Waals surface area contributed by atoms with Gasteiger partial charge in [0.1, 0.15) is 5.82 Å². The molecule has 3 aromatic rings. The number of rotatable bonds is 5. The monoisotopic (exact) mass is 377 g/mol. The number of fused-ring (bicyclic) bond motifs is 1. The fourth-order valence-electron chi connectivity index (χ4n) is 3.74. The number of nitrogens with zero attached hydrogens (tertiary/aromatic N) is 5. The molecule has 3 heterocycles. The third-order valence-corrected chi connectivity index (χ3v) is 5.21. The minimum absolute atomic E-state index is 0.521. The Labute approximate surface area is 165 Å². The zero-order chi connectivity index (χ0) is 19.3. The average molecular weight is 377 g/mol. The summed E-state index contributed by atoms with van der Waals surface area (Å²) in [5, 5.41) is 12.3. The number of benzene rings is 1. The molecule has 1 fully saturated rings. The molecule has 4 rings (SSSR count). The van der Waals surface area contributed by atoms with Crippen LogP contribution in [0.4, 0.5) is 5.82 Å². The van der Waals surface area contributed by atoms with Crippen LogP contribution in [0.3, 0.4) is 0 Å². The van der Waals surface area contributed by atoms with Crippen molar-refractivity contribution in [2.45, 2.75) is 12.3 Å². The molecule has 0 bridgehead atoms. The number of guanidine groups is 1. The van der Waals surface area contributed by atoms with Gasteiger partial charge in [-0.15, -0.1) is 0 Å². The highest BCUT2D eigenvalue weighted by Gasteiger charge is 2.26. The van der Waals surface area contributed by atoms with Crippen LogP contribution in [0, 0.1) is 0 Å². The van der Waals surface area contributed by atoms with E-state index in [1.807, 2.05) is 49.2 Å². The van der Waals surface area contributed by atoms with Crippen molar-refractivity contribution in [1.29, 1.82) is 0 Å². The van der Waals surface area contributed by atoms with Crippen molar-refractivity contribution in [3.05, 3.63) is 54.4 Å². The summed E-state index contributed by atoms with van der Waals surface area (Å²) in [7, 11) is 3.81. The molecule has 2 aromatic heterocycles. The number of aryl methyl sites for hydroxylation is 1. The number of anilines is 1. The van der Waals surface area contributed by atoms with E-state index in [1.165, 1.54) is 5.56 Å². The van der Waals surface area contributed by atoms with Crippen LogP contribution in [-0.2, 0) is 7.05 Å². The van der Waals surface area contributed by atoms with Gasteiger partial charge in [-0.1, -0.05) is 18.2 Å². The zero-order valence-electron chi connectivity index (χ0n) is 16.5. The largest absolute Gasteiger partial charge is 0.368 e. The standard InChI is InChI=1S/C21H27N7/c1-22-21(28-12-9-17(15-28)18-13-25-27(2)14-18)24-11-10-23-20-8-7-16-5-3-4-6-19(16)26-20/h3-8,13-14,17H,9-12,15H2,1-2H3,(H,22,24)(H,23,26). The van der Waals surface area contributed by atoms with E-state index in [0.29, 0.717) is 5.92 Å². The number of hydrogen-bond acceptors (Lipinski definition) is 4. The summed E-state index contributed by atoms with van der Waals surface area (Å²) < 4.78 is 1.87. The van der Waals surface area contributed by atoms with E-state index < -0.39 is 0 Å². The molecule has 7 heteroatoms. The zero-order valence-corrected chi connectivity index (χ0v) is 16.5. The van der Waals surface area contributed by atoms with Crippen molar-refractivity contribution in [3.8, 4) is 0 Å². The van der Waals surface area contributed by atoms with Gasteiger partial charge in [-0.2, -0.15) is 5.10 Å². The van der Waals surface area contributed by atoms with Gasteiger partial charge in [0.15, 0.2) is 5.96 Å². The molecule has 1 aromatic carbocycles. The van der Waals surface area contributed by atoms with Gasteiger partial charge in [0.05, 0.1) is 11.7 Å². The summed E-state index contributed by atoms with van der Waals surface area (Å²) in [4.78, 5) is 11.4. The number of nitrogens with one attached hydrogen (secondary N) is 2. The second-order valence-electron chi connectivity index (χ2n) is 7.17. The van der Waals surface area contributed by atoms with Gasteiger partial charge < -0.3 is 15.5 Å². The van der Waals surface area contributed by atoms with Gasteiger partial charge in [0.2, 0.25) is 0 Å². The quantitative estimate of drug-likeness (QED) is 0.406. The van der Waals surface area contributed by atoms with E-state index in [4.69, 9.17) is 0 Å². The summed E-state index contributed by atoms with van der Waals surface area (Å²) in [6.45, 7) is 3.56. The minimum atomic E-state index is 0.521. The lowest BCUT2D eigenvalue weighted by Crippen LogP contribution is -2.41. The molecule has 0 aliphatic carbocycles. The maximum Gasteiger partial charge on any atom is 0.193 e. The third kappa shape index (κ3) is 4.08. The molecule has 1 aliphatic rings. The molecule has 0 radical (unpaired) electrons. The summed E-state index contributed by atoms with van der Waals surface area (Å²) in [6.07, 6.45) is 5.22. The summed E-state index contributed by atoms with van der Waals surface area (Å²) >= 11 is 0. The van der Waals surface area contributed by atoms with Crippen LogP contribution in [0.1, 0.15) is 17.9 Å².